The first kappa shape index (κ1) is 21.5. The highest BCUT2D eigenvalue weighted by molar-refractivity contribution is 8.18. The van der Waals surface area contributed by atoms with Crippen molar-refractivity contribution in [3.05, 3.63) is 40.3 Å². The first-order chi connectivity index (χ1) is 13.8. The molecule has 2 N–H and O–H groups in total. The van der Waals surface area contributed by atoms with Crippen LogP contribution in [-0.4, -0.2) is 38.8 Å². The highest BCUT2D eigenvalue weighted by atomic mass is 32.3. The number of carbonyl (C=O) groups is 2. The second-order valence-corrected chi connectivity index (χ2v) is 10.4. The lowest BCUT2D eigenvalue weighted by atomic mass is 9.90. The van der Waals surface area contributed by atoms with Crippen molar-refractivity contribution in [2.45, 2.75) is 37.6 Å². The molecular weight excluding hydrogens is 416 g/mol. The fraction of sp³-hybridized carbons (Fsp3) is 0.474. The molecule has 0 bridgehead atoms. The number of thioether (sulfide) groups is 1. The molecule has 1 unspecified atom stereocenters. The summed E-state index contributed by atoms with van der Waals surface area (Å²) in [5.74, 6) is -0.0661. The van der Waals surface area contributed by atoms with E-state index in [0.717, 1.165) is 43.7 Å². The quantitative estimate of drug-likeness (QED) is 0.513. The van der Waals surface area contributed by atoms with Crippen molar-refractivity contribution >= 4 is 33.7 Å². The van der Waals surface area contributed by atoms with Crippen LogP contribution < -0.4 is 15.4 Å². The van der Waals surface area contributed by atoms with Crippen molar-refractivity contribution in [3.63, 3.8) is 0 Å². The number of carbonyl (C=O) groups excluding carboxylic acids is 2. The zero-order valence-corrected chi connectivity index (χ0v) is 17.7. The molecule has 0 radical (unpaired) electrons. The van der Waals surface area contributed by atoms with E-state index in [1.807, 2.05) is 0 Å². The number of ether oxygens (including phenoxy) is 2. The smallest absolute Gasteiger partial charge is 0.434 e. The summed E-state index contributed by atoms with van der Waals surface area (Å²) in [6, 6.07) is 6.31. The average molecular weight is 441 g/mol. The van der Waals surface area contributed by atoms with Gasteiger partial charge in [-0.2, -0.15) is 0 Å². The van der Waals surface area contributed by atoms with Crippen LogP contribution in [0.1, 0.15) is 42.5 Å². The van der Waals surface area contributed by atoms with Gasteiger partial charge in [0.05, 0.1) is 12.2 Å². The Morgan fingerprint density at radius 1 is 1.21 bits per heavy atom. The molecule has 1 aromatic carbocycles. The third-order valence-electron chi connectivity index (χ3n) is 4.70. The summed E-state index contributed by atoms with van der Waals surface area (Å²) in [5, 5.41) is 5.45. The van der Waals surface area contributed by atoms with Crippen LogP contribution in [0.25, 0.3) is 0 Å². The van der Waals surface area contributed by atoms with Crippen LogP contribution in [0.2, 0.25) is 0 Å². The van der Waals surface area contributed by atoms with E-state index in [9.17, 15) is 18.0 Å². The fourth-order valence-electron chi connectivity index (χ4n) is 3.19. The summed E-state index contributed by atoms with van der Waals surface area (Å²) in [4.78, 5) is 24.7. The molecule has 29 heavy (non-hydrogen) atoms. The molecule has 3 rings (SSSR count). The predicted octanol–water partition coefficient (Wildman–Crippen LogP) is 2.98. The highest BCUT2D eigenvalue weighted by Gasteiger charge is 2.27. The predicted molar refractivity (Wildman–Crippen MR) is 110 cm³/mol. The minimum atomic E-state index is -3.35. The Hall–Kier alpha value is -2.20. The molecule has 1 aliphatic heterocycles. The summed E-state index contributed by atoms with van der Waals surface area (Å²) in [7, 11) is -3.35. The maximum absolute atomic E-state index is 12.6. The standard InChI is InChI=1S/C19H24N2O6S2/c1-29(24,25)16-11-20-18(28-16)21-17(22)14-9-5-6-10-15(14)27-19(23)26-12-13-7-3-2-4-8-13/h5-6,9-11,13,18,20H,2-4,7-8,12H2,1H3,(H,21,22). The van der Waals surface area contributed by atoms with Gasteiger partial charge in [0, 0.05) is 12.5 Å². The van der Waals surface area contributed by atoms with Crippen LogP contribution >= 0.6 is 11.8 Å². The number of hydrogen-bond donors (Lipinski definition) is 2. The molecule has 1 saturated carbocycles. The second-order valence-electron chi connectivity index (χ2n) is 7.04. The van der Waals surface area contributed by atoms with E-state index in [2.05, 4.69) is 10.6 Å². The van der Waals surface area contributed by atoms with Crippen molar-refractivity contribution < 1.29 is 27.5 Å². The van der Waals surface area contributed by atoms with Gasteiger partial charge in [-0.3, -0.25) is 4.79 Å². The van der Waals surface area contributed by atoms with Crippen LogP contribution in [0, 0.1) is 5.92 Å². The van der Waals surface area contributed by atoms with Gasteiger partial charge in [0.15, 0.2) is 15.3 Å². The second kappa shape index (κ2) is 9.53. The van der Waals surface area contributed by atoms with Crippen molar-refractivity contribution in [2.24, 2.45) is 5.92 Å². The Bertz CT molecular complexity index is 894. The Morgan fingerprint density at radius 3 is 2.62 bits per heavy atom. The van der Waals surface area contributed by atoms with Gasteiger partial charge >= 0.3 is 6.16 Å². The van der Waals surface area contributed by atoms with Gasteiger partial charge in [-0.25, -0.2) is 13.2 Å². The van der Waals surface area contributed by atoms with E-state index in [1.165, 1.54) is 24.8 Å². The van der Waals surface area contributed by atoms with Crippen molar-refractivity contribution in [1.29, 1.82) is 0 Å². The summed E-state index contributed by atoms with van der Waals surface area (Å²) in [6.07, 6.45) is 7.20. The van der Waals surface area contributed by atoms with Crippen LogP contribution in [0.3, 0.4) is 0 Å². The Morgan fingerprint density at radius 2 is 1.93 bits per heavy atom. The van der Waals surface area contributed by atoms with Gasteiger partial charge in [-0.1, -0.05) is 43.2 Å². The van der Waals surface area contributed by atoms with Crippen molar-refractivity contribution in [2.75, 3.05) is 12.9 Å². The largest absolute Gasteiger partial charge is 0.513 e. The van der Waals surface area contributed by atoms with Gasteiger partial charge in [0.1, 0.15) is 9.99 Å². The number of para-hydroxylation sites is 1. The monoisotopic (exact) mass is 440 g/mol. The first-order valence-electron chi connectivity index (χ1n) is 9.40. The lowest BCUT2D eigenvalue weighted by Crippen LogP contribution is -2.38. The number of sulfone groups is 1. The number of hydrogen-bond acceptors (Lipinski definition) is 8. The molecule has 1 amide bonds. The molecule has 1 fully saturated rings. The molecule has 10 heteroatoms. The number of benzene rings is 1. The number of amides is 1. The van der Waals surface area contributed by atoms with E-state index < -0.39 is 27.4 Å². The molecule has 2 aliphatic rings. The molecule has 0 aromatic heterocycles. The van der Waals surface area contributed by atoms with E-state index in [1.54, 1.807) is 12.1 Å². The summed E-state index contributed by atoms with van der Waals surface area (Å²) >= 11 is 0.982. The molecule has 1 heterocycles. The lowest BCUT2D eigenvalue weighted by Gasteiger charge is -2.21. The van der Waals surface area contributed by atoms with Crippen molar-refractivity contribution in [1.82, 2.24) is 10.6 Å². The topological polar surface area (TPSA) is 111 Å². The van der Waals surface area contributed by atoms with Crippen LogP contribution in [-0.2, 0) is 14.6 Å². The average Bonchev–Trinajstić information content (AvgIpc) is 3.16. The maximum atomic E-state index is 12.6. The fourth-order valence-corrected chi connectivity index (χ4v) is 5.13. The zero-order chi connectivity index (χ0) is 20.9. The van der Waals surface area contributed by atoms with Crippen LogP contribution in [0.5, 0.6) is 5.75 Å². The molecule has 8 nitrogen and oxygen atoms in total. The van der Waals surface area contributed by atoms with E-state index >= 15 is 0 Å². The zero-order valence-electron chi connectivity index (χ0n) is 16.1. The molecule has 158 valence electrons. The molecule has 1 atom stereocenters. The van der Waals surface area contributed by atoms with E-state index in [4.69, 9.17) is 9.47 Å². The van der Waals surface area contributed by atoms with Crippen LogP contribution in [0.15, 0.2) is 34.7 Å². The van der Waals surface area contributed by atoms with Gasteiger partial charge in [-0.05, 0) is 30.9 Å². The minimum absolute atomic E-state index is 0.0814. The van der Waals surface area contributed by atoms with Crippen molar-refractivity contribution in [3.8, 4) is 5.75 Å². The summed E-state index contributed by atoms with van der Waals surface area (Å²) in [6.45, 7) is 0.315. The van der Waals surface area contributed by atoms with Gasteiger partial charge < -0.3 is 20.1 Å². The first-order valence-corrected chi connectivity index (χ1v) is 12.2. The molecular formula is C19H24N2O6S2. The number of rotatable bonds is 6. The molecule has 0 saturated heterocycles. The van der Waals surface area contributed by atoms with Gasteiger partial charge in [0.25, 0.3) is 5.91 Å². The summed E-state index contributed by atoms with van der Waals surface area (Å²) < 4.78 is 33.7. The lowest BCUT2D eigenvalue weighted by molar-refractivity contribution is 0.0761. The van der Waals surface area contributed by atoms with E-state index in [0.29, 0.717) is 12.5 Å². The third-order valence-corrected chi connectivity index (χ3v) is 7.59. The van der Waals surface area contributed by atoms with E-state index in [-0.39, 0.29) is 15.6 Å². The SMILES string of the molecule is CS(=O)(=O)C1=CNC(NC(=O)c2ccccc2OC(=O)OCC2CCCCC2)S1. The molecule has 1 aromatic rings. The number of nitrogens with one attached hydrogen (secondary N) is 2. The normalized spacial score (nSPS) is 19.8. The Labute approximate surface area is 174 Å². The Kier molecular flexibility index (Phi) is 7.07. The summed E-state index contributed by atoms with van der Waals surface area (Å²) in [5.41, 5.74) is -0.490. The molecule has 1 aliphatic carbocycles. The maximum Gasteiger partial charge on any atom is 0.513 e. The Balaban J connectivity index is 1.55. The van der Waals surface area contributed by atoms with Gasteiger partial charge in [0.2, 0.25) is 0 Å². The van der Waals surface area contributed by atoms with Gasteiger partial charge in [-0.15, -0.1) is 0 Å². The third kappa shape index (κ3) is 6.14. The van der Waals surface area contributed by atoms with Crippen LogP contribution in [0.4, 0.5) is 4.79 Å². The highest BCUT2D eigenvalue weighted by Crippen LogP contribution is 2.29. The molecule has 0 spiro atoms. The minimum Gasteiger partial charge on any atom is -0.434 e.